The predicted octanol–water partition coefficient (Wildman–Crippen LogP) is 22.2. The Morgan fingerprint density at radius 3 is 0.841 bits per heavy atom. The van der Waals surface area contributed by atoms with Crippen LogP contribution in [0.5, 0.6) is 0 Å². The molecule has 4 fully saturated rings. The Hall–Kier alpha value is -3.38. The van der Waals surface area contributed by atoms with Crippen LogP contribution in [0.1, 0.15) is 255 Å². The average molecular weight is 932 g/mol. The lowest BCUT2D eigenvalue weighted by Crippen LogP contribution is -2.38. The van der Waals surface area contributed by atoms with E-state index in [4.69, 9.17) is 0 Å². The van der Waals surface area contributed by atoms with Crippen LogP contribution in [0, 0.1) is 32.5 Å². The van der Waals surface area contributed by atoms with Gasteiger partial charge >= 0.3 is 0 Å². The van der Waals surface area contributed by atoms with Gasteiger partial charge in [0.05, 0.1) is 0 Å². The van der Waals surface area contributed by atoms with Crippen molar-refractivity contribution in [1.82, 2.24) is 0 Å². The molecular formula is C69H102. The Morgan fingerprint density at radius 2 is 0.507 bits per heavy atom. The molecule has 0 heteroatoms. The van der Waals surface area contributed by atoms with Crippen LogP contribution in [-0.2, 0) is 10.8 Å². The standard InChI is InChI=1S/C17H14.C15H14.C12H24.C10H20.C8H16.C7H14/c1-17(2)13-7-3-5-11-9-10-12-6-4-8-14(17)16(12)15(11)13;1-15(2)13-9-5-3-7-11(13)12-8-4-6-10-14(12)15;1-10(2)7-11(3,4)9-12(5,6)8-10;1-10(2)8-6-4-3-5-7-9-10;1-8(2)6-4-3-5-7-8;1-7(2)5-3-4-6-7/h3-10H,1-2H3;3-10H,1-2H3;7-9H2,1-6H3;3-9H2,1-2H3;3-7H2,1-2H3;3-6H2,1-2H3. The summed E-state index contributed by atoms with van der Waals surface area (Å²) in [4.78, 5) is 0. The summed E-state index contributed by atoms with van der Waals surface area (Å²) in [6, 6.07) is 35.3. The Bertz CT molecular complexity index is 2250. The second-order valence-corrected chi connectivity index (χ2v) is 28.8. The van der Waals surface area contributed by atoms with Crippen molar-refractivity contribution < 1.29 is 0 Å². The minimum absolute atomic E-state index is 0.142. The molecule has 6 aliphatic carbocycles. The van der Waals surface area contributed by atoms with E-state index in [0.717, 1.165) is 0 Å². The van der Waals surface area contributed by atoms with Gasteiger partial charge in [0, 0.05) is 10.8 Å². The van der Waals surface area contributed by atoms with Gasteiger partial charge in [-0.3, -0.25) is 0 Å². The summed E-state index contributed by atoms with van der Waals surface area (Å²) in [5.74, 6) is 0. The van der Waals surface area contributed by atoms with E-state index in [1.165, 1.54) is 177 Å². The van der Waals surface area contributed by atoms with Crippen molar-refractivity contribution in [3.05, 3.63) is 119 Å². The molecule has 0 N–H and O–H groups in total. The van der Waals surface area contributed by atoms with Crippen LogP contribution in [0.2, 0.25) is 0 Å². The molecule has 0 amide bonds. The molecule has 11 rings (SSSR count). The van der Waals surface area contributed by atoms with Gasteiger partial charge in [0.25, 0.3) is 0 Å². The highest BCUT2D eigenvalue weighted by molar-refractivity contribution is 6.14. The van der Waals surface area contributed by atoms with Crippen LogP contribution >= 0.6 is 0 Å². The largest absolute Gasteiger partial charge is 0.0619 e. The third-order valence-corrected chi connectivity index (χ3v) is 17.5. The molecule has 0 nitrogen and oxygen atoms in total. The van der Waals surface area contributed by atoms with E-state index in [-0.39, 0.29) is 10.8 Å². The molecule has 0 aliphatic heterocycles. The van der Waals surface area contributed by atoms with Gasteiger partial charge in [0.15, 0.2) is 0 Å². The number of hydrogen-bond donors (Lipinski definition) is 0. The van der Waals surface area contributed by atoms with Crippen LogP contribution < -0.4 is 0 Å². The van der Waals surface area contributed by atoms with Crippen LogP contribution in [0.15, 0.2) is 97.1 Å². The smallest absolute Gasteiger partial charge is 0.0159 e. The van der Waals surface area contributed by atoms with Crippen molar-refractivity contribution in [2.24, 2.45) is 32.5 Å². The molecule has 0 atom stereocenters. The maximum absolute atomic E-state index is 2.42. The van der Waals surface area contributed by atoms with Crippen molar-refractivity contribution in [3.63, 3.8) is 0 Å². The van der Waals surface area contributed by atoms with Crippen LogP contribution in [0.3, 0.4) is 0 Å². The predicted molar refractivity (Wildman–Crippen MR) is 308 cm³/mol. The van der Waals surface area contributed by atoms with Gasteiger partial charge < -0.3 is 0 Å². The molecule has 5 aromatic carbocycles. The highest BCUT2D eigenvalue weighted by Gasteiger charge is 2.42. The highest BCUT2D eigenvalue weighted by Crippen LogP contribution is 2.54. The summed E-state index contributed by atoms with van der Waals surface area (Å²) in [5, 5.41) is 5.66. The van der Waals surface area contributed by atoms with Gasteiger partial charge in [0.1, 0.15) is 0 Å². The van der Waals surface area contributed by atoms with E-state index in [2.05, 4.69) is 208 Å². The maximum atomic E-state index is 2.42. The van der Waals surface area contributed by atoms with Crippen molar-refractivity contribution >= 4 is 21.5 Å². The third kappa shape index (κ3) is 14.4. The van der Waals surface area contributed by atoms with E-state index in [9.17, 15) is 0 Å². The quantitative estimate of drug-likeness (QED) is 0.136. The van der Waals surface area contributed by atoms with E-state index < -0.39 is 0 Å². The zero-order valence-electron chi connectivity index (χ0n) is 47.7. The lowest BCUT2D eigenvalue weighted by molar-refractivity contribution is 0.0203. The fourth-order valence-electron chi connectivity index (χ4n) is 14.8. The first-order valence-corrected chi connectivity index (χ1v) is 28.3. The molecule has 5 aromatic rings. The Kier molecular flexibility index (Phi) is 17.3. The van der Waals surface area contributed by atoms with Gasteiger partial charge in [-0.25, -0.2) is 0 Å². The number of rotatable bonds is 0. The Labute approximate surface area is 426 Å². The summed E-state index contributed by atoms with van der Waals surface area (Å²) in [6.45, 7) is 38.1. The molecule has 69 heavy (non-hydrogen) atoms. The fourth-order valence-corrected chi connectivity index (χ4v) is 14.8. The number of benzene rings is 5. The monoisotopic (exact) mass is 931 g/mol. The van der Waals surface area contributed by atoms with Gasteiger partial charge in [0.2, 0.25) is 0 Å². The topological polar surface area (TPSA) is 0 Å². The molecule has 0 radical (unpaired) electrons. The van der Waals surface area contributed by atoms with Gasteiger partial charge in [-0.2, -0.15) is 0 Å². The average Bonchev–Trinajstić information content (AvgIpc) is 3.85. The van der Waals surface area contributed by atoms with Crippen molar-refractivity contribution in [2.75, 3.05) is 0 Å². The summed E-state index contributed by atoms with van der Waals surface area (Å²) < 4.78 is 0. The summed E-state index contributed by atoms with van der Waals surface area (Å²) in [5.41, 5.74) is 12.6. The molecule has 0 unspecified atom stereocenters. The zero-order chi connectivity index (χ0) is 50.5. The molecule has 6 aliphatic rings. The molecule has 0 heterocycles. The highest BCUT2D eigenvalue weighted by atomic mass is 14.5. The molecule has 4 saturated carbocycles. The molecule has 0 saturated heterocycles. The van der Waals surface area contributed by atoms with E-state index >= 15 is 0 Å². The second-order valence-electron chi connectivity index (χ2n) is 28.8. The summed E-state index contributed by atoms with van der Waals surface area (Å²) >= 11 is 0. The van der Waals surface area contributed by atoms with Crippen molar-refractivity contribution in [3.8, 4) is 11.1 Å². The lowest BCUT2D eigenvalue weighted by Gasteiger charge is -2.49. The lowest BCUT2D eigenvalue weighted by atomic mass is 9.56. The van der Waals surface area contributed by atoms with Crippen molar-refractivity contribution in [2.45, 2.75) is 244 Å². The summed E-state index contributed by atoms with van der Waals surface area (Å²) in [6.07, 6.45) is 27.5. The first kappa shape index (κ1) is 54.9. The number of fused-ring (bicyclic) bond motifs is 3. The third-order valence-electron chi connectivity index (χ3n) is 17.5. The zero-order valence-corrected chi connectivity index (χ0v) is 47.7. The molecule has 378 valence electrons. The van der Waals surface area contributed by atoms with Crippen LogP contribution in [0.25, 0.3) is 32.7 Å². The molecule has 0 spiro atoms. The minimum atomic E-state index is 0.142. The van der Waals surface area contributed by atoms with Crippen LogP contribution in [-0.4, -0.2) is 0 Å². The minimum Gasteiger partial charge on any atom is -0.0619 e. The Morgan fingerprint density at radius 1 is 0.246 bits per heavy atom. The van der Waals surface area contributed by atoms with Gasteiger partial charge in [-0.1, -0.05) is 272 Å². The van der Waals surface area contributed by atoms with Gasteiger partial charge in [-0.05, 0) is 145 Å². The maximum Gasteiger partial charge on any atom is 0.0159 e. The fraction of sp³-hybridized carbons (Fsp3) is 0.623. The van der Waals surface area contributed by atoms with Crippen molar-refractivity contribution in [1.29, 1.82) is 0 Å². The first-order chi connectivity index (χ1) is 32.1. The van der Waals surface area contributed by atoms with E-state index in [1.807, 2.05) is 0 Å². The molecule has 0 aromatic heterocycles. The van der Waals surface area contributed by atoms with Gasteiger partial charge in [-0.15, -0.1) is 0 Å². The van der Waals surface area contributed by atoms with Crippen LogP contribution in [0.4, 0.5) is 0 Å². The number of hydrogen-bond acceptors (Lipinski definition) is 0. The van der Waals surface area contributed by atoms with E-state index in [0.29, 0.717) is 32.5 Å². The molecular weight excluding hydrogens is 829 g/mol. The summed E-state index contributed by atoms with van der Waals surface area (Å²) in [7, 11) is 0. The normalized spacial score (nSPS) is 22.9. The molecule has 0 bridgehead atoms. The SMILES string of the molecule is CC1(C)CC(C)(C)CC(C)(C)C1.CC1(C)CCCC1.CC1(C)CCCCC1.CC1(C)CCCCCCC1.CC1(C)c2cccc3ccc4cccc1c4c23.CC1(C)c2ccccc2-c2ccccc21. The second kappa shape index (κ2) is 21.8. The Balaban J connectivity index is 0.000000140. The van der Waals surface area contributed by atoms with E-state index in [1.54, 1.807) is 0 Å². The first-order valence-electron chi connectivity index (χ1n) is 28.3.